The lowest BCUT2D eigenvalue weighted by Crippen LogP contribution is -2.52. The van der Waals surface area contributed by atoms with Crippen molar-refractivity contribution in [1.82, 2.24) is 30.2 Å². The summed E-state index contributed by atoms with van der Waals surface area (Å²) in [5.41, 5.74) is 1.30. The van der Waals surface area contributed by atoms with E-state index < -0.39 is 6.17 Å². The first-order valence-corrected chi connectivity index (χ1v) is 11.1. The van der Waals surface area contributed by atoms with Gasteiger partial charge in [-0.05, 0) is 49.1 Å². The summed E-state index contributed by atoms with van der Waals surface area (Å²) in [6.07, 6.45) is 7.11. The number of nitrogens with zero attached hydrogens (tertiary/aromatic N) is 8. The molecule has 0 unspecified atom stereocenters. The third-order valence-corrected chi connectivity index (χ3v) is 7.13. The number of aromatic hydroxyl groups is 1. The first kappa shape index (κ1) is 21.2. The predicted octanol–water partition coefficient (Wildman–Crippen LogP) is 3.44. The van der Waals surface area contributed by atoms with E-state index in [1.165, 1.54) is 16.9 Å². The zero-order valence-electron chi connectivity index (χ0n) is 18.6. The van der Waals surface area contributed by atoms with Crippen molar-refractivity contribution in [2.24, 2.45) is 11.3 Å². The van der Waals surface area contributed by atoms with Gasteiger partial charge in [-0.25, -0.2) is 14.1 Å². The number of phenolic OH excluding ortho intramolecular Hbond substituents is 1. The molecule has 2 aliphatic carbocycles. The molecule has 2 bridgehead atoms. The van der Waals surface area contributed by atoms with Gasteiger partial charge < -0.3 is 10.0 Å². The lowest BCUT2D eigenvalue weighted by molar-refractivity contribution is 0.0113. The summed E-state index contributed by atoms with van der Waals surface area (Å²) >= 11 is 0. The maximum atomic E-state index is 15.3. The quantitative estimate of drug-likeness (QED) is 0.645. The number of fused-ring (bicyclic) bond motifs is 2. The molecule has 3 aromatic rings. The normalized spacial score (nSPS) is 26.5. The van der Waals surface area contributed by atoms with Gasteiger partial charge in [0.25, 0.3) is 0 Å². The molecule has 2 aromatic heterocycles. The fraction of sp³-hybridized carbons (Fsp3) is 0.478. The van der Waals surface area contributed by atoms with Crippen molar-refractivity contribution >= 4 is 5.82 Å². The van der Waals surface area contributed by atoms with Crippen LogP contribution in [-0.2, 0) is 0 Å². The highest BCUT2D eigenvalue weighted by atomic mass is 19.1. The summed E-state index contributed by atoms with van der Waals surface area (Å²) in [6.45, 7) is 2.27. The van der Waals surface area contributed by atoms with E-state index in [0.29, 0.717) is 17.1 Å². The lowest BCUT2D eigenvalue weighted by atomic mass is 9.60. The van der Waals surface area contributed by atoms with E-state index in [4.69, 9.17) is 5.26 Å². The molecule has 2 heterocycles. The van der Waals surface area contributed by atoms with Crippen molar-refractivity contribution in [3.63, 3.8) is 0 Å². The van der Waals surface area contributed by atoms with E-state index >= 15 is 4.39 Å². The second-order valence-corrected chi connectivity index (χ2v) is 9.50. The number of halogens is 1. The average Bonchev–Trinajstić information content (AvgIpc) is 3.31. The SMILES string of the molecule is CN(c1cnc(-c2ccc(-n3cc(C#N)nn3)cc2O)nn1)[C@@H]1C[C@@]2(C)CCC[C@H](C2)[C@@H]1F. The summed E-state index contributed by atoms with van der Waals surface area (Å²) in [6, 6.07) is 6.52. The van der Waals surface area contributed by atoms with Gasteiger partial charge in [-0.1, -0.05) is 18.6 Å². The first-order valence-electron chi connectivity index (χ1n) is 11.1. The molecule has 2 aliphatic rings. The number of aromatic nitrogens is 6. The zero-order chi connectivity index (χ0) is 23.2. The minimum absolute atomic E-state index is 0.0544. The number of rotatable bonds is 4. The Hall–Kier alpha value is -3.61. The second-order valence-electron chi connectivity index (χ2n) is 9.50. The number of alkyl halides is 1. The Balaban J connectivity index is 1.36. The van der Waals surface area contributed by atoms with Crippen LogP contribution in [0, 0.1) is 22.7 Å². The molecule has 170 valence electrons. The molecule has 0 spiro atoms. The van der Waals surface area contributed by atoms with Gasteiger partial charge in [0, 0.05) is 13.1 Å². The highest BCUT2D eigenvalue weighted by Gasteiger charge is 2.47. The van der Waals surface area contributed by atoms with Crippen molar-refractivity contribution in [2.75, 3.05) is 11.9 Å². The Morgan fingerprint density at radius 1 is 1.27 bits per heavy atom. The van der Waals surface area contributed by atoms with Gasteiger partial charge in [0.05, 0.1) is 29.7 Å². The number of phenols is 1. The Morgan fingerprint density at radius 3 is 2.82 bits per heavy atom. The Morgan fingerprint density at radius 2 is 2.12 bits per heavy atom. The molecule has 9 nitrogen and oxygen atoms in total. The molecule has 1 aromatic carbocycles. The van der Waals surface area contributed by atoms with Crippen LogP contribution in [0.15, 0.2) is 30.6 Å². The summed E-state index contributed by atoms with van der Waals surface area (Å²) in [5, 5.41) is 35.5. The van der Waals surface area contributed by atoms with Gasteiger partial charge in [-0.3, -0.25) is 0 Å². The van der Waals surface area contributed by atoms with Gasteiger partial charge in [-0.15, -0.1) is 15.3 Å². The van der Waals surface area contributed by atoms with E-state index in [-0.39, 0.29) is 34.6 Å². The third-order valence-electron chi connectivity index (χ3n) is 7.13. The predicted molar refractivity (Wildman–Crippen MR) is 118 cm³/mol. The van der Waals surface area contributed by atoms with Crippen LogP contribution >= 0.6 is 0 Å². The van der Waals surface area contributed by atoms with E-state index in [1.54, 1.807) is 18.3 Å². The summed E-state index contributed by atoms with van der Waals surface area (Å²) in [5.74, 6) is 0.825. The minimum atomic E-state index is -0.889. The maximum Gasteiger partial charge on any atom is 0.185 e. The number of anilines is 1. The number of nitriles is 1. The van der Waals surface area contributed by atoms with Crippen molar-refractivity contribution in [3.05, 3.63) is 36.3 Å². The molecule has 33 heavy (non-hydrogen) atoms. The topological polar surface area (TPSA) is 117 Å². The second kappa shape index (κ2) is 8.06. The minimum Gasteiger partial charge on any atom is -0.507 e. The first-order chi connectivity index (χ1) is 15.9. The van der Waals surface area contributed by atoms with E-state index in [0.717, 1.165) is 32.1 Å². The fourth-order valence-corrected chi connectivity index (χ4v) is 5.38. The van der Waals surface area contributed by atoms with Crippen LogP contribution in [0.5, 0.6) is 5.75 Å². The highest BCUT2D eigenvalue weighted by Crippen LogP contribution is 2.50. The van der Waals surface area contributed by atoms with Crippen molar-refractivity contribution < 1.29 is 9.50 Å². The van der Waals surface area contributed by atoms with Gasteiger partial charge in [-0.2, -0.15) is 5.26 Å². The summed E-state index contributed by atoms with van der Waals surface area (Å²) in [4.78, 5) is 6.25. The van der Waals surface area contributed by atoms with Crippen LogP contribution in [0.1, 0.15) is 44.7 Å². The number of hydrogen-bond acceptors (Lipinski definition) is 8. The monoisotopic (exact) mass is 448 g/mol. The van der Waals surface area contributed by atoms with Gasteiger partial charge in [0.1, 0.15) is 18.0 Å². The summed E-state index contributed by atoms with van der Waals surface area (Å²) < 4.78 is 16.6. The molecule has 0 amide bonds. The van der Waals surface area contributed by atoms with Crippen LogP contribution in [0.25, 0.3) is 17.1 Å². The standard InChI is InChI=1S/C23H25FN8O/c1-23-7-3-4-14(9-23)21(24)18(10-23)31(2)20-12-26-22(29-28-20)17-6-5-16(8-19(17)33)32-13-15(11-25)27-30-32/h5-6,8,12-14,18,21,33H,3-4,7,9-10H2,1-2H3/t14-,18-,21+,23+/m1/s1. The molecule has 10 heteroatoms. The largest absolute Gasteiger partial charge is 0.507 e. The summed E-state index contributed by atoms with van der Waals surface area (Å²) in [7, 11) is 1.85. The van der Waals surface area contributed by atoms with Crippen LogP contribution in [-0.4, -0.2) is 54.5 Å². The Kier molecular flexibility index (Phi) is 5.19. The Labute approximate surface area is 190 Å². The molecule has 2 saturated carbocycles. The van der Waals surface area contributed by atoms with Gasteiger partial charge in [0.15, 0.2) is 17.3 Å². The number of hydrogen-bond donors (Lipinski definition) is 1. The van der Waals surface area contributed by atoms with E-state index in [1.807, 2.05) is 18.0 Å². The van der Waals surface area contributed by atoms with Crippen LogP contribution in [0.3, 0.4) is 0 Å². The molecule has 0 radical (unpaired) electrons. The molecular weight excluding hydrogens is 423 g/mol. The van der Waals surface area contributed by atoms with E-state index in [9.17, 15) is 5.11 Å². The van der Waals surface area contributed by atoms with Crippen LogP contribution < -0.4 is 4.90 Å². The van der Waals surface area contributed by atoms with Gasteiger partial charge >= 0.3 is 0 Å². The van der Waals surface area contributed by atoms with Gasteiger partial charge in [0.2, 0.25) is 0 Å². The third kappa shape index (κ3) is 3.88. The molecule has 4 atom stereocenters. The van der Waals surface area contributed by atoms with Crippen molar-refractivity contribution in [3.8, 4) is 28.9 Å². The number of benzene rings is 1. The molecule has 2 fully saturated rings. The lowest BCUT2D eigenvalue weighted by Gasteiger charge is -2.50. The van der Waals surface area contributed by atoms with Crippen LogP contribution in [0.2, 0.25) is 0 Å². The van der Waals surface area contributed by atoms with Crippen molar-refractivity contribution in [2.45, 2.75) is 51.2 Å². The molecule has 0 saturated heterocycles. The average molecular weight is 449 g/mol. The van der Waals surface area contributed by atoms with Crippen molar-refractivity contribution in [1.29, 1.82) is 5.26 Å². The zero-order valence-corrected chi connectivity index (χ0v) is 18.6. The Bertz CT molecular complexity index is 1210. The molecule has 0 aliphatic heterocycles. The fourth-order valence-electron chi connectivity index (χ4n) is 5.38. The van der Waals surface area contributed by atoms with E-state index in [2.05, 4.69) is 32.4 Å². The maximum absolute atomic E-state index is 15.3. The molecule has 5 rings (SSSR count). The molecule has 1 N–H and O–H groups in total. The smallest absolute Gasteiger partial charge is 0.185 e. The van der Waals surface area contributed by atoms with Crippen LogP contribution in [0.4, 0.5) is 10.2 Å². The molecular formula is C23H25FN8O. The highest BCUT2D eigenvalue weighted by molar-refractivity contribution is 5.66.